The standard InChI is InChI=1S/C12H23NO3/c1-2-3-7-15-12(14)9-16-11-6-4-5-10(11)8-13/h10-11H,2-9,13H2,1H3. The Morgan fingerprint density at radius 1 is 1.44 bits per heavy atom. The molecule has 4 nitrogen and oxygen atoms in total. The highest BCUT2D eigenvalue weighted by Gasteiger charge is 2.27. The lowest BCUT2D eigenvalue weighted by molar-refractivity contribution is -0.151. The molecule has 0 bridgehead atoms. The molecule has 0 aromatic rings. The predicted molar refractivity (Wildman–Crippen MR) is 62.0 cm³/mol. The summed E-state index contributed by atoms with van der Waals surface area (Å²) in [5.74, 6) is 0.166. The second kappa shape index (κ2) is 7.63. The predicted octanol–water partition coefficient (Wildman–Crippen LogP) is 1.47. The van der Waals surface area contributed by atoms with E-state index in [2.05, 4.69) is 6.92 Å². The molecule has 1 aliphatic rings. The number of ether oxygens (including phenoxy) is 2. The Hall–Kier alpha value is -0.610. The number of carbonyl (C=O) groups is 1. The number of rotatable bonds is 7. The molecule has 1 saturated carbocycles. The fourth-order valence-electron chi connectivity index (χ4n) is 2.04. The zero-order valence-electron chi connectivity index (χ0n) is 10.1. The molecule has 0 heterocycles. The summed E-state index contributed by atoms with van der Waals surface area (Å²) >= 11 is 0. The third-order valence-electron chi connectivity index (χ3n) is 3.07. The van der Waals surface area contributed by atoms with Crippen LogP contribution in [0.1, 0.15) is 39.0 Å². The van der Waals surface area contributed by atoms with Gasteiger partial charge >= 0.3 is 5.97 Å². The van der Waals surface area contributed by atoms with Gasteiger partial charge in [0.1, 0.15) is 6.61 Å². The molecular weight excluding hydrogens is 206 g/mol. The summed E-state index contributed by atoms with van der Waals surface area (Å²) in [5, 5.41) is 0. The molecule has 1 aliphatic carbocycles. The topological polar surface area (TPSA) is 61.5 Å². The van der Waals surface area contributed by atoms with Gasteiger partial charge < -0.3 is 15.2 Å². The lowest BCUT2D eigenvalue weighted by atomic mass is 10.1. The lowest BCUT2D eigenvalue weighted by Crippen LogP contribution is -2.28. The van der Waals surface area contributed by atoms with Gasteiger partial charge in [-0.15, -0.1) is 0 Å². The second-order valence-electron chi connectivity index (χ2n) is 4.35. The van der Waals surface area contributed by atoms with Crippen LogP contribution >= 0.6 is 0 Å². The van der Waals surface area contributed by atoms with Crippen molar-refractivity contribution in [2.24, 2.45) is 11.7 Å². The maximum absolute atomic E-state index is 11.3. The first-order valence-electron chi connectivity index (χ1n) is 6.25. The molecule has 0 saturated heterocycles. The van der Waals surface area contributed by atoms with Gasteiger partial charge in [-0.1, -0.05) is 19.8 Å². The highest BCUT2D eigenvalue weighted by Crippen LogP contribution is 2.27. The minimum atomic E-state index is -0.254. The highest BCUT2D eigenvalue weighted by atomic mass is 16.6. The minimum absolute atomic E-state index is 0.0743. The summed E-state index contributed by atoms with van der Waals surface area (Å²) in [6, 6.07) is 0. The zero-order valence-corrected chi connectivity index (χ0v) is 10.1. The Kier molecular flexibility index (Phi) is 6.42. The SMILES string of the molecule is CCCCOC(=O)COC1CCCC1CN. The Morgan fingerprint density at radius 3 is 2.94 bits per heavy atom. The molecular formula is C12H23NO3. The number of unbranched alkanes of at least 4 members (excludes halogenated alkanes) is 1. The van der Waals surface area contributed by atoms with Crippen molar-refractivity contribution >= 4 is 5.97 Å². The zero-order chi connectivity index (χ0) is 11.8. The summed E-state index contributed by atoms with van der Waals surface area (Å²) in [6.45, 7) is 3.29. The van der Waals surface area contributed by atoms with Crippen LogP contribution in [0.25, 0.3) is 0 Å². The van der Waals surface area contributed by atoms with Gasteiger partial charge in [0.15, 0.2) is 0 Å². The van der Waals surface area contributed by atoms with Crippen molar-refractivity contribution in [1.29, 1.82) is 0 Å². The Morgan fingerprint density at radius 2 is 2.25 bits per heavy atom. The van der Waals surface area contributed by atoms with Crippen molar-refractivity contribution in [2.45, 2.75) is 45.1 Å². The van der Waals surface area contributed by atoms with E-state index in [9.17, 15) is 4.79 Å². The number of hydrogen-bond donors (Lipinski definition) is 1. The largest absolute Gasteiger partial charge is 0.464 e. The molecule has 1 rings (SSSR count). The van der Waals surface area contributed by atoms with Crippen molar-refractivity contribution in [3.05, 3.63) is 0 Å². The molecule has 0 aromatic heterocycles. The van der Waals surface area contributed by atoms with E-state index in [0.29, 0.717) is 19.1 Å². The molecule has 94 valence electrons. The van der Waals surface area contributed by atoms with E-state index >= 15 is 0 Å². The normalized spacial score (nSPS) is 24.6. The maximum atomic E-state index is 11.3. The maximum Gasteiger partial charge on any atom is 0.332 e. The van der Waals surface area contributed by atoms with Gasteiger partial charge in [-0.2, -0.15) is 0 Å². The number of hydrogen-bond acceptors (Lipinski definition) is 4. The van der Waals surface area contributed by atoms with Crippen molar-refractivity contribution in [1.82, 2.24) is 0 Å². The summed E-state index contributed by atoms with van der Waals surface area (Å²) in [6.07, 6.45) is 5.39. The van der Waals surface area contributed by atoms with Crippen LogP contribution < -0.4 is 5.73 Å². The van der Waals surface area contributed by atoms with E-state index in [4.69, 9.17) is 15.2 Å². The van der Waals surface area contributed by atoms with Gasteiger partial charge in [0.2, 0.25) is 0 Å². The monoisotopic (exact) mass is 229 g/mol. The van der Waals surface area contributed by atoms with Gasteiger partial charge in [-0.25, -0.2) is 4.79 Å². The van der Waals surface area contributed by atoms with Crippen LogP contribution in [0, 0.1) is 5.92 Å². The quantitative estimate of drug-likeness (QED) is 0.530. The Bertz CT molecular complexity index is 208. The smallest absolute Gasteiger partial charge is 0.332 e. The third kappa shape index (κ3) is 4.49. The highest BCUT2D eigenvalue weighted by molar-refractivity contribution is 5.70. The van der Waals surface area contributed by atoms with Crippen LogP contribution in [0.3, 0.4) is 0 Å². The van der Waals surface area contributed by atoms with E-state index in [-0.39, 0.29) is 18.7 Å². The molecule has 0 radical (unpaired) electrons. The van der Waals surface area contributed by atoms with Crippen molar-refractivity contribution in [3.8, 4) is 0 Å². The van der Waals surface area contributed by atoms with Gasteiger partial charge in [-0.05, 0) is 31.7 Å². The number of carbonyl (C=O) groups excluding carboxylic acids is 1. The van der Waals surface area contributed by atoms with Crippen LogP contribution in [-0.4, -0.2) is 31.8 Å². The Balaban J connectivity index is 2.11. The molecule has 16 heavy (non-hydrogen) atoms. The van der Waals surface area contributed by atoms with Crippen LogP contribution in [0.15, 0.2) is 0 Å². The first-order valence-corrected chi connectivity index (χ1v) is 6.25. The molecule has 0 amide bonds. The van der Waals surface area contributed by atoms with E-state index in [0.717, 1.165) is 32.1 Å². The van der Waals surface area contributed by atoms with Gasteiger partial charge in [0.05, 0.1) is 12.7 Å². The number of esters is 1. The molecule has 2 N–H and O–H groups in total. The van der Waals surface area contributed by atoms with Crippen molar-refractivity contribution in [3.63, 3.8) is 0 Å². The molecule has 0 spiro atoms. The van der Waals surface area contributed by atoms with Gasteiger partial charge in [0, 0.05) is 0 Å². The fraction of sp³-hybridized carbons (Fsp3) is 0.917. The minimum Gasteiger partial charge on any atom is -0.464 e. The van der Waals surface area contributed by atoms with Gasteiger partial charge in [0.25, 0.3) is 0 Å². The Labute approximate surface area is 97.5 Å². The van der Waals surface area contributed by atoms with Gasteiger partial charge in [-0.3, -0.25) is 0 Å². The van der Waals surface area contributed by atoms with E-state index in [1.807, 2.05) is 0 Å². The van der Waals surface area contributed by atoms with E-state index < -0.39 is 0 Å². The molecule has 0 aromatic carbocycles. The average Bonchev–Trinajstić information content (AvgIpc) is 2.74. The molecule has 2 unspecified atom stereocenters. The molecule has 4 heteroatoms. The molecule has 2 atom stereocenters. The van der Waals surface area contributed by atoms with E-state index in [1.54, 1.807) is 0 Å². The van der Waals surface area contributed by atoms with E-state index in [1.165, 1.54) is 0 Å². The first-order chi connectivity index (χ1) is 7.77. The fourth-order valence-corrected chi connectivity index (χ4v) is 2.04. The molecule has 0 aliphatic heterocycles. The summed E-state index contributed by atoms with van der Waals surface area (Å²) < 4.78 is 10.6. The molecule has 1 fully saturated rings. The first kappa shape index (κ1) is 13.5. The summed E-state index contributed by atoms with van der Waals surface area (Å²) in [5.41, 5.74) is 5.63. The van der Waals surface area contributed by atoms with Crippen LogP contribution in [0.2, 0.25) is 0 Å². The summed E-state index contributed by atoms with van der Waals surface area (Å²) in [7, 11) is 0. The van der Waals surface area contributed by atoms with Crippen LogP contribution in [0.5, 0.6) is 0 Å². The van der Waals surface area contributed by atoms with Crippen LogP contribution in [-0.2, 0) is 14.3 Å². The van der Waals surface area contributed by atoms with Crippen molar-refractivity contribution in [2.75, 3.05) is 19.8 Å². The third-order valence-corrected chi connectivity index (χ3v) is 3.07. The average molecular weight is 229 g/mol. The van der Waals surface area contributed by atoms with Crippen molar-refractivity contribution < 1.29 is 14.3 Å². The second-order valence-corrected chi connectivity index (χ2v) is 4.35. The summed E-state index contributed by atoms with van der Waals surface area (Å²) in [4.78, 5) is 11.3. The number of nitrogens with two attached hydrogens (primary N) is 1. The lowest BCUT2D eigenvalue weighted by Gasteiger charge is -2.17. The van der Waals surface area contributed by atoms with Crippen LogP contribution in [0.4, 0.5) is 0 Å².